The lowest BCUT2D eigenvalue weighted by molar-refractivity contribution is 0.0201. The molecule has 0 aromatic rings. The van der Waals surface area contributed by atoms with E-state index in [-0.39, 0.29) is 0 Å². The average molecular weight is 266 g/mol. The zero-order valence-corrected chi connectivity index (χ0v) is 13.6. The Bertz CT molecular complexity index is 264. The summed E-state index contributed by atoms with van der Waals surface area (Å²) in [5.74, 6) is 0.862. The van der Waals surface area contributed by atoms with Gasteiger partial charge in [0.15, 0.2) is 0 Å². The van der Waals surface area contributed by atoms with Crippen LogP contribution in [0.3, 0.4) is 0 Å². The van der Waals surface area contributed by atoms with E-state index in [9.17, 15) is 0 Å². The van der Waals surface area contributed by atoms with E-state index in [1.165, 1.54) is 58.2 Å². The summed E-state index contributed by atoms with van der Waals surface area (Å²) in [6.45, 7) is 13.5. The molecule has 112 valence electrons. The molecule has 3 unspecified atom stereocenters. The first-order valence-corrected chi connectivity index (χ1v) is 8.61. The van der Waals surface area contributed by atoms with Gasteiger partial charge in [0.05, 0.1) is 0 Å². The standard InChI is InChI=1S/C17H34N2/c1-5-16-12-18-11-7-10-17(18)13-19(16)15(4)9-6-8-14(2)3/h14-17H,5-13H2,1-4H3. The lowest BCUT2D eigenvalue weighted by Gasteiger charge is -2.46. The van der Waals surface area contributed by atoms with Crippen LogP contribution in [0.15, 0.2) is 0 Å². The molecular weight excluding hydrogens is 232 g/mol. The molecule has 2 aliphatic heterocycles. The van der Waals surface area contributed by atoms with Gasteiger partial charge in [0.2, 0.25) is 0 Å². The van der Waals surface area contributed by atoms with Crippen LogP contribution in [0.2, 0.25) is 0 Å². The van der Waals surface area contributed by atoms with Crippen molar-refractivity contribution in [2.24, 2.45) is 5.92 Å². The minimum Gasteiger partial charge on any atom is -0.298 e. The summed E-state index contributed by atoms with van der Waals surface area (Å²) >= 11 is 0. The minimum atomic E-state index is 0.784. The highest BCUT2D eigenvalue weighted by Crippen LogP contribution is 2.28. The van der Waals surface area contributed by atoms with Gasteiger partial charge in [-0.3, -0.25) is 9.80 Å². The van der Waals surface area contributed by atoms with Gasteiger partial charge in [-0.15, -0.1) is 0 Å². The number of piperazine rings is 1. The predicted molar refractivity (Wildman–Crippen MR) is 83.5 cm³/mol. The monoisotopic (exact) mass is 266 g/mol. The van der Waals surface area contributed by atoms with Crippen LogP contribution in [-0.4, -0.2) is 47.6 Å². The van der Waals surface area contributed by atoms with Crippen LogP contribution in [0, 0.1) is 5.92 Å². The fourth-order valence-electron chi connectivity index (χ4n) is 4.00. The Morgan fingerprint density at radius 3 is 2.58 bits per heavy atom. The molecule has 0 spiro atoms. The molecule has 2 rings (SSSR count). The van der Waals surface area contributed by atoms with Crippen molar-refractivity contribution in [3.05, 3.63) is 0 Å². The van der Waals surface area contributed by atoms with Crippen LogP contribution in [0.5, 0.6) is 0 Å². The first-order valence-electron chi connectivity index (χ1n) is 8.61. The molecule has 0 aromatic heterocycles. The maximum Gasteiger partial charge on any atom is 0.0224 e. The predicted octanol–water partition coefficient (Wildman–Crippen LogP) is 3.76. The van der Waals surface area contributed by atoms with Crippen LogP contribution in [-0.2, 0) is 0 Å². The summed E-state index contributed by atoms with van der Waals surface area (Å²) < 4.78 is 0. The van der Waals surface area contributed by atoms with E-state index in [0.29, 0.717) is 0 Å². The van der Waals surface area contributed by atoms with E-state index in [1.807, 2.05) is 0 Å². The van der Waals surface area contributed by atoms with Crippen molar-refractivity contribution < 1.29 is 0 Å². The molecule has 2 fully saturated rings. The molecule has 0 bridgehead atoms. The van der Waals surface area contributed by atoms with Crippen LogP contribution in [0.4, 0.5) is 0 Å². The summed E-state index contributed by atoms with van der Waals surface area (Å²) in [6, 6.07) is 2.46. The number of fused-ring (bicyclic) bond motifs is 1. The second kappa shape index (κ2) is 7.08. The second-order valence-electron chi connectivity index (χ2n) is 7.22. The Kier molecular flexibility index (Phi) is 5.70. The third kappa shape index (κ3) is 3.95. The highest BCUT2D eigenvalue weighted by molar-refractivity contribution is 4.93. The topological polar surface area (TPSA) is 6.48 Å². The fraction of sp³-hybridized carbons (Fsp3) is 1.00. The number of rotatable bonds is 6. The van der Waals surface area contributed by atoms with Crippen molar-refractivity contribution in [1.82, 2.24) is 9.80 Å². The maximum atomic E-state index is 2.84. The van der Waals surface area contributed by atoms with E-state index in [0.717, 1.165) is 24.0 Å². The first kappa shape index (κ1) is 15.3. The van der Waals surface area contributed by atoms with Gasteiger partial charge < -0.3 is 0 Å². The molecule has 2 heteroatoms. The van der Waals surface area contributed by atoms with E-state index >= 15 is 0 Å². The van der Waals surface area contributed by atoms with E-state index < -0.39 is 0 Å². The average Bonchev–Trinajstić information content (AvgIpc) is 2.83. The first-order chi connectivity index (χ1) is 9.11. The zero-order valence-electron chi connectivity index (χ0n) is 13.6. The van der Waals surface area contributed by atoms with Crippen LogP contribution >= 0.6 is 0 Å². The molecular formula is C17H34N2. The summed E-state index contributed by atoms with van der Waals surface area (Å²) in [7, 11) is 0. The largest absolute Gasteiger partial charge is 0.298 e. The lowest BCUT2D eigenvalue weighted by atomic mass is 9.98. The van der Waals surface area contributed by atoms with Crippen molar-refractivity contribution in [3.63, 3.8) is 0 Å². The van der Waals surface area contributed by atoms with Crippen LogP contribution in [0.1, 0.15) is 66.2 Å². The van der Waals surface area contributed by atoms with E-state index in [4.69, 9.17) is 0 Å². The van der Waals surface area contributed by atoms with E-state index in [2.05, 4.69) is 37.5 Å². The van der Waals surface area contributed by atoms with Gasteiger partial charge in [-0.2, -0.15) is 0 Å². The highest BCUT2D eigenvalue weighted by Gasteiger charge is 2.36. The van der Waals surface area contributed by atoms with Crippen LogP contribution < -0.4 is 0 Å². The molecule has 0 aromatic carbocycles. The lowest BCUT2D eigenvalue weighted by Crippen LogP contribution is -2.58. The summed E-state index contributed by atoms with van der Waals surface area (Å²) in [5, 5.41) is 0. The smallest absolute Gasteiger partial charge is 0.0224 e. The van der Waals surface area contributed by atoms with Gasteiger partial charge in [0, 0.05) is 31.2 Å². The number of nitrogens with zero attached hydrogens (tertiary/aromatic N) is 2. The third-order valence-electron chi connectivity index (χ3n) is 5.28. The van der Waals surface area contributed by atoms with Crippen molar-refractivity contribution >= 4 is 0 Å². The van der Waals surface area contributed by atoms with Crippen molar-refractivity contribution in [3.8, 4) is 0 Å². The van der Waals surface area contributed by atoms with Crippen molar-refractivity contribution in [1.29, 1.82) is 0 Å². The summed E-state index contributed by atoms with van der Waals surface area (Å²) in [5.41, 5.74) is 0. The second-order valence-corrected chi connectivity index (χ2v) is 7.22. The SMILES string of the molecule is CCC1CN2CCCC2CN1C(C)CCCC(C)C. The van der Waals surface area contributed by atoms with Gasteiger partial charge in [-0.05, 0) is 45.1 Å². The molecule has 2 nitrogen and oxygen atoms in total. The molecule has 2 heterocycles. The molecule has 3 atom stereocenters. The minimum absolute atomic E-state index is 0.784. The highest BCUT2D eigenvalue weighted by atomic mass is 15.3. The van der Waals surface area contributed by atoms with E-state index in [1.54, 1.807) is 0 Å². The van der Waals surface area contributed by atoms with Crippen molar-refractivity contribution in [2.75, 3.05) is 19.6 Å². The van der Waals surface area contributed by atoms with Gasteiger partial charge in [0.25, 0.3) is 0 Å². The number of hydrogen-bond donors (Lipinski definition) is 0. The Balaban J connectivity index is 1.85. The molecule has 0 amide bonds. The molecule has 19 heavy (non-hydrogen) atoms. The maximum absolute atomic E-state index is 2.84. The number of hydrogen-bond acceptors (Lipinski definition) is 2. The summed E-state index contributed by atoms with van der Waals surface area (Å²) in [6.07, 6.45) is 8.37. The third-order valence-corrected chi connectivity index (χ3v) is 5.28. The van der Waals surface area contributed by atoms with Gasteiger partial charge in [-0.25, -0.2) is 0 Å². The molecule has 0 saturated carbocycles. The van der Waals surface area contributed by atoms with Crippen LogP contribution in [0.25, 0.3) is 0 Å². The zero-order chi connectivity index (χ0) is 13.8. The van der Waals surface area contributed by atoms with Crippen molar-refractivity contribution in [2.45, 2.75) is 84.3 Å². The fourth-order valence-corrected chi connectivity index (χ4v) is 4.00. The van der Waals surface area contributed by atoms with Gasteiger partial charge >= 0.3 is 0 Å². The Morgan fingerprint density at radius 1 is 1.11 bits per heavy atom. The Hall–Kier alpha value is -0.0800. The molecule has 2 aliphatic rings. The quantitative estimate of drug-likeness (QED) is 0.722. The van der Waals surface area contributed by atoms with Gasteiger partial charge in [-0.1, -0.05) is 33.6 Å². The molecule has 0 N–H and O–H groups in total. The van der Waals surface area contributed by atoms with Gasteiger partial charge in [0.1, 0.15) is 0 Å². The normalized spacial score (nSPS) is 30.8. The summed E-state index contributed by atoms with van der Waals surface area (Å²) in [4.78, 5) is 5.60. The molecule has 2 saturated heterocycles. The molecule has 0 radical (unpaired) electrons. The Morgan fingerprint density at radius 2 is 1.89 bits per heavy atom. The Labute approximate surface area is 120 Å². The molecule has 0 aliphatic carbocycles.